The van der Waals surface area contributed by atoms with E-state index in [1.54, 1.807) is 12.3 Å². The summed E-state index contributed by atoms with van der Waals surface area (Å²) in [4.78, 5) is 33.2. The Morgan fingerprint density at radius 3 is 3.04 bits per heavy atom. The minimum Gasteiger partial charge on any atom is -0.356 e. The number of hydrogen-bond acceptors (Lipinski definition) is 5. The Morgan fingerprint density at radius 1 is 1.50 bits per heavy atom. The van der Waals surface area contributed by atoms with Crippen LogP contribution in [0, 0.1) is 5.92 Å². The van der Waals surface area contributed by atoms with Gasteiger partial charge in [-0.2, -0.15) is 0 Å². The fraction of sp³-hybridized carbons (Fsp3) is 0.471. The molecule has 0 unspecified atom stereocenters. The van der Waals surface area contributed by atoms with Crippen molar-refractivity contribution < 1.29 is 9.59 Å². The molecular weight excluding hydrogens is 324 g/mol. The van der Waals surface area contributed by atoms with Crippen LogP contribution in [0.5, 0.6) is 0 Å². The largest absolute Gasteiger partial charge is 0.356 e. The van der Waals surface area contributed by atoms with E-state index >= 15 is 0 Å². The van der Waals surface area contributed by atoms with Gasteiger partial charge in [-0.15, -0.1) is 11.3 Å². The van der Waals surface area contributed by atoms with Gasteiger partial charge < -0.3 is 4.98 Å². The van der Waals surface area contributed by atoms with Crippen molar-refractivity contribution in [3.05, 3.63) is 34.6 Å². The summed E-state index contributed by atoms with van der Waals surface area (Å²) in [7, 11) is 0. The molecule has 3 rings (SSSR count). The van der Waals surface area contributed by atoms with Crippen LogP contribution < -0.4 is 5.32 Å². The number of carbonyl (C=O) groups is 2. The number of nitrogens with zero attached hydrogens (tertiary/aromatic N) is 2. The molecule has 0 aromatic carbocycles. The van der Waals surface area contributed by atoms with Gasteiger partial charge in [0, 0.05) is 30.2 Å². The smallest absolute Gasteiger partial charge is 0.273 e. The van der Waals surface area contributed by atoms with Gasteiger partial charge in [-0.1, -0.05) is 6.92 Å². The standard InChI is InChI=1S/C17H22N4O2S/c1-11-4-3-5-21(8-11)9-14-10-24-17(19-14)20-16(23)15-6-13(7-18-15)12(2)22/h6-7,10-11,18H,3-5,8-9H2,1-2H3,(H,19,20,23)/t11-/m0/s1. The number of likely N-dealkylation sites (tertiary alicyclic amines) is 1. The summed E-state index contributed by atoms with van der Waals surface area (Å²) in [5.74, 6) is 0.382. The highest BCUT2D eigenvalue weighted by Gasteiger charge is 2.18. The van der Waals surface area contributed by atoms with E-state index in [9.17, 15) is 9.59 Å². The molecule has 7 heteroatoms. The van der Waals surface area contributed by atoms with Gasteiger partial charge in [0.2, 0.25) is 0 Å². The molecule has 1 atom stereocenters. The molecule has 1 aliphatic rings. The van der Waals surface area contributed by atoms with E-state index in [1.165, 1.54) is 31.1 Å². The molecule has 1 aliphatic heterocycles. The van der Waals surface area contributed by atoms with E-state index in [0.717, 1.165) is 31.2 Å². The quantitative estimate of drug-likeness (QED) is 0.815. The summed E-state index contributed by atoms with van der Waals surface area (Å²) >= 11 is 1.42. The van der Waals surface area contributed by atoms with Crippen LogP contribution in [-0.4, -0.2) is 39.6 Å². The van der Waals surface area contributed by atoms with E-state index in [-0.39, 0.29) is 11.7 Å². The molecule has 2 aromatic rings. The van der Waals surface area contributed by atoms with Crippen molar-refractivity contribution in [3.8, 4) is 0 Å². The second-order valence-electron chi connectivity index (χ2n) is 6.44. The van der Waals surface area contributed by atoms with Gasteiger partial charge in [0.15, 0.2) is 10.9 Å². The number of aromatic nitrogens is 2. The van der Waals surface area contributed by atoms with Crippen LogP contribution in [0.3, 0.4) is 0 Å². The lowest BCUT2D eigenvalue weighted by atomic mass is 10.0. The van der Waals surface area contributed by atoms with E-state index in [1.807, 2.05) is 5.38 Å². The highest BCUT2D eigenvalue weighted by molar-refractivity contribution is 7.13. The molecule has 1 fully saturated rings. The van der Waals surface area contributed by atoms with Crippen LogP contribution in [0.4, 0.5) is 5.13 Å². The SMILES string of the molecule is CC(=O)c1c[nH]c(C(=O)Nc2nc(CN3CCC[C@H](C)C3)cs2)c1. The number of hydrogen-bond donors (Lipinski definition) is 2. The normalized spacial score (nSPS) is 18.5. The van der Waals surface area contributed by atoms with Gasteiger partial charge in [0.25, 0.3) is 5.91 Å². The second-order valence-corrected chi connectivity index (χ2v) is 7.30. The monoisotopic (exact) mass is 346 g/mol. The zero-order chi connectivity index (χ0) is 17.1. The fourth-order valence-corrected chi connectivity index (χ4v) is 3.69. The van der Waals surface area contributed by atoms with Crippen LogP contribution in [0.25, 0.3) is 0 Å². The first-order valence-corrected chi connectivity index (χ1v) is 9.06. The Morgan fingerprint density at radius 2 is 2.33 bits per heavy atom. The number of ketones is 1. The van der Waals surface area contributed by atoms with Crippen molar-refractivity contribution >= 4 is 28.2 Å². The van der Waals surface area contributed by atoms with Crippen LogP contribution in [0.2, 0.25) is 0 Å². The summed E-state index contributed by atoms with van der Waals surface area (Å²) in [6.07, 6.45) is 4.08. The number of thiazole rings is 1. The zero-order valence-electron chi connectivity index (χ0n) is 14.0. The number of carbonyl (C=O) groups excluding carboxylic acids is 2. The molecular formula is C17H22N4O2S. The van der Waals surface area contributed by atoms with E-state index in [0.29, 0.717) is 16.4 Å². The maximum Gasteiger partial charge on any atom is 0.273 e. The molecule has 6 nitrogen and oxygen atoms in total. The number of piperidine rings is 1. The Balaban J connectivity index is 1.58. The minimum absolute atomic E-state index is 0.0717. The van der Waals surface area contributed by atoms with Crippen molar-refractivity contribution in [2.45, 2.75) is 33.2 Å². The van der Waals surface area contributed by atoms with Gasteiger partial charge >= 0.3 is 0 Å². The van der Waals surface area contributed by atoms with Crippen LogP contribution in [0.1, 0.15) is 53.2 Å². The lowest BCUT2D eigenvalue weighted by molar-refractivity contribution is 0.101. The Kier molecular flexibility index (Phi) is 5.11. The molecule has 128 valence electrons. The van der Waals surface area contributed by atoms with Gasteiger partial charge in [0.1, 0.15) is 5.69 Å². The zero-order valence-corrected chi connectivity index (χ0v) is 14.8. The van der Waals surface area contributed by atoms with Gasteiger partial charge in [-0.3, -0.25) is 19.8 Å². The van der Waals surface area contributed by atoms with Crippen molar-refractivity contribution in [1.29, 1.82) is 0 Å². The van der Waals surface area contributed by atoms with Gasteiger partial charge in [-0.25, -0.2) is 4.98 Å². The lowest BCUT2D eigenvalue weighted by Gasteiger charge is -2.30. The topological polar surface area (TPSA) is 78.1 Å². The molecule has 1 amide bonds. The minimum atomic E-state index is -0.282. The highest BCUT2D eigenvalue weighted by Crippen LogP contribution is 2.21. The van der Waals surface area contributed by atoms with Gasteiger partial charge in [-0.05, 0) is 38.3 Å². The predicted octanol–water partition coefficient (Wildman–Crippen LogP) is 3.16. The number of rotatable bonds is 5. The molecule has 24 heavy (non-hydrogen) atoms. The number of amides is 1. The second kappa shape index (κ2) is 7.27. The van der Waals surface area contributed by atoms with Crippen molar-refractivity contribution in [3.63, 3.8) is 0 Å². The average molecular weight is 346 g/mol. The fourth-order valence-electron chi connectivity index (χ4n) is 2.99. The first-order chi connectivity index (χ1) is 11.5. The summed E-state index contributed by atoms with van der Waals surface area (Å²) < 4.78 is 0. The molecule has 2 N–H and O–H groups in total. The molecule has 1 saturated heterocycles. The van der Waals surface area contributed by atoms with Crippen LogP contribution >= 0.6 is 11.3 Å². The summed E-state index contributed by atoms with van der Waals surface area (Å²) in [6, 6.07) is 1.56. The van der Waals surface area contributed by atoms with Crippen LogP contribution in [-0.2, 0) is 6.54 Å². The third-order valence-electron chi connectivity index (χ3n) is 4.23. The lowest BCUT2D eigenvalue weighted by Crippen LogP contribution is -2.33. The van der Waals surface area contributed by atoms with Crippen molar-refractivity contribution in [2.75, 3.05) is 18.4 Å². The predicted molar refractivity (Wildman–Crippen MR) is 94.5 cm³/mol. The number of H-pyrrole nitrogens is 1. The molecule has 0 bridgehead atoms. The van der Waals surface area contributed by atoms with Crippen molar-refractivity contribution in [2.24, 2.45) is 5.92 Å². The maximum atomic E-state index is 12.2. The third-order valence-corrected chi connectivity index (χ3v) is 5.04. The summed E-state index contributed by atoms with van der Waals surface area (Å²) in [6.45, 7) is 6.80. The number of anilines is 1. The first-order valence-electron chi connectivity index (χ1n) is 8.18. The molecule has 2 aromatic heterocycles. The Bertz CT molecular complexity index is 737. The maximum absolute atomic E-state index is 12.2. The molecule has 0 spiro atoms. The first kappa shape index (κ1) is 16.9. The summed E-state index contributed by atoms with van der Waals surface area (Å²) in [5, 5.41) is 5.36. The summed E-state index contributed by atoms with van der Waals surface area (Å²) in [5.41, 5.74) is 1.85. The number of Topliss-reactive ketones (excluding diaryl/α,β-unsaturated/α-hetero) is 1. The highest BCUT2D eigenvalue weighted by atomic mass is 32.1. The Hall–Kier alpha value is -1.99. The number of nitrogens with one attached hydrogen (secondary N) is 2. The number of aromatic amines is 1. The third kappa shape index (κ3) is 4.10. The van der Waals surface area contributed by atoms with Crippen molar-refractivity contribution in [1.82, 2.24) is 14.9 Å². The molecule has 0 radical (unpaired) electrons. The van der Waals surface area contributed by atoms with Crippen LogP contribution in [0.15, 0.2) is 17.6 Å². The molecule has 3 heterocycles. The van der Waals surface area contributed by atoms with E-state index < -0.39 is 0 Å². The molecule has 0 saturated carbocycles. The van der Waals surface area contributed by atoms with E-state index in [2.05, 4.69) is 27.1 Å². The average Bonchev–Trinajstić information content (AvgIpc) is 3.17. The molecule has 0 aliphatic carbocycles. The van der Waals surface area contributed by atoms with E-state index in [4.69, 9.17) is 0 Å². The Labute approximate surface area is 145 Å². The van der Waals surface area contributed by atoms with Gasteiger partial charge in [0.05, 0.1) is 5.69 Å².